The molecule has 0 spiro atoms. The van der Waals surface area contributed by atoms with Crippen LogP contribution in [-0.2, 0) is 18.9 Å². The van der Waals surface area contributed by atoms with Crippen LogP contribution in [0.2, 0.25) is 0 Å². The number of carbonyl (C=O) groups excluding carboxylic acids is 2. The van der Waals surface area contributed by atoms with Gasteiger partial charge < -0.3 is 18.9 Å². The highest BCUT2D eigenvalue weighted by Gasteiger charge is 2.49. The highest BCUT2D eigenvalue weighted by Crippen LogP contribution is 2.33. The number of hydrogen-bond donors (Lipinski definition) is 1. The molecule has 2 aromatic carbocycles. The first-order valence-corrected chi connectivity index (χ1v) is 10.9. The number of aromatic nitrogens is 2. The lowest BCUT2D eigenvalue weighted by atomic mass is 10.1. The Kier molecular flexibility index (Phi) is 7.23. The van der Waals surface area contributed by atoms with Crippen LogP contribution in [0.4, 0.5) is 0 Å². The van der Waals surface area contributed by atoms with Gasteiger partial charge in [-0.15, -0.1) is 0 Å². The van der Waals surface area contributed by atoms with Crippen LogP contribution in [0, 0.1) is 6.92 Å². The van der Waals surface area contributed by atoms with E-state index in [1.807, 2.05) is 0 Å². The zero-order valence-electron chi connectivity index (χ0n) is 19.1. The third-order valence-electron chi connectivity index (χ3n) is 5.62. The van der Waals surface area contributed by atoms with Crippen LogP contribution in [0.1, 0.15) is 32.5 Å². The average molecular weight is 480 g/mol. The summed E-state index contributed by atoms with van der Waals surface area (Å²) in [5, 5.41) is 0. The van der Waals surface area contributed by atoms with E-state index in [1.165, 1.54) is 20.2 Å². The van der Waals surface area contributed by atoms with Crippen molar-refractivity contribution in [2.24, 2.45) is 0 Å². The zero-order valence-corrected chi connectivity index (χ0v) is 19.1. The third kappa shape index (κ3) is 5.23. The predicted molar refractivity (Wildman–Crippen MR) is 123 cm³/mol. The van der Waals surface area contributed by atoms with E-state index >= 15 is 0 Å². The minimum absolute atomic E-state index is 0.270. The monoisotopic (exact) mass is 480 g/mol. The minimum atomic E-state index is -1.06. The van der Waals surface area contributed by atoms with E-state index in [-0.39, 0.29) is 12.2 Å². The summed E-state index contributed by atoms with van der Waals surface area (Å²) in [4.78, 5) is 51.9. The zero-order chi connectivity index (χ0) is 24.9. The maximum absolute atomic E-state index is 12.8. The fourth-order valence-corrected chi connectivity index (χ4v) is 3.82. The highest BCUT2D eigenvalue weighted by atomic mass is 16.6. The molecule has 0 saturated carbocycles. The van der Waals surface area contributed by atoms with Gasteiger partial charge in [0.1, 0.15) is 18.8 Å². The van der Waals surface area contributed by atoms with Crippen molar-refractivity contribution in [1.29, 1.82) is 0 Å². The summed E-state index contributed by atoms with van der Waals surface area (Å²) in [5.41, 5.74) is -0.320. The van der Waals surface area contributed by atoms with E-state index in [0.717, 1.165) is 4.57 Å². The van der Waals surface area contributed by atoms with E-state index in [4.69, 9.17) is 18.9 Å². The maximum atomic E-state index is 12.8. The molecule has 4 rings (SSSR count). The fraction of sp³-hybridized carbons (Fsp3) is 0.280. The van der Waals surface area contributed by atoms with Crippen molar-refractivity contribution in [2.75, 3.05) is 13.7 Å². The number of esters is 2. The molecule has 10 heteroatoms. The molecule has 1 fully saturated rings. The number of hydrogen-bond acceptors (Lipinski definition) is 8. The summed E-state index contributed by atoms with van der Waals surface area (Å²) in [6, 6.07) is 16.7. The van der Waals surface area contributed by atoms with Crippen molar-refractivity contribution in [3.63, 3.8) is 0 Å². The average Bonchev–Trinajstić information content (AvgIpc) is 3.22. The minimum Gasteiger partial charge on any atom is -0.459 e. The molecule has 3 aromatic rings. The summed E-state index contributed by atoms with van der Waals surface area (Å²) >= 11 is 0. The quantitative estimate of drug-likeness (QED) is 0.508. The number of carbonyl (C=O) groups is 2. The third-order valence-corrected chi connectivity index (χ3v) is 5.62. The molecule has 35 heavy (non-hydrogen) atoms. The molecule has 0 radical (unpaired) electrons. The Morgan fingerprint density at radius 3 is 2.14 bits per heavy atom. The lowest BCUT2D eigenvalue weighted by Gasteiger charge is -2.23. The number of H-pyrrole nitrogens is 1. The number of aromatic amines is 1. The van der Waals surface area contributed by atoms with Gasteiger partial charge in [0.25, 0.3) is 5.56 Å². The van der Waals surface area contributed by atoms with E-state index in [0.29, 0.717) is 11.1 Å². The molecule has 1 N–H and O–H groups in total. The molecule has 182 valence electrons. The van der Waals surface area contributed by atoms with Gasteiger partial charge in [-0.1, -0.05) is 36.4 Å². The molecule has 2 heterocycles. The Morgan fingerprint density at radius 1 is 0.943 bits per heavy atom. The van der Waals surface area contributed by atoms with Gasteiger partial charge in [-0.25, -0.2) is 14.4 Å². The lowest BCUT2D eigenvalue weighted by molar-refractivity contribution is -0.0658. The molecule has 1 saturated heterocycles. The first-order chi connectivity index (χ1) is 16.9. The van der Waals surface area contributed by atoms with Crippen LogP contribution in [-0.4, -0.2) is 53.5 Å². The van der Waals surface area contributed by atoms with Gasteiger partial charge in [-0.05, 0) is 31.2 Å². The first kappa shape index (κ1) is 24.1. The Hall–Kier alpha value is -4.02. The van der Waals surface area contributed by atoms with Crippen LogP contribution in [0.5, 0.6) is 0 Å². The van der Waals surface area contributed by atoms with Crippen molar-refractivity contribution < 1.29 is 28.5 Å². The van der Waals surface area contributed by atoms with Gasteiger partial charge in [0.15, 0.2) is 12.3 Å². The molecule has 0 aliphatic carbocycles. The van der Waals surface area contributed by atoms with Gasteiger partial charge in [0.2, 0.25) is 0 Å². The van der Waals surface area contributed by atoms with Crippen molar-refractivity contribution in [1.82, 2.24) is 9.55 Å². The fourth-order valence-electron chi connectivity index (χ4n) is 3.82. The van der Waals surface area contributed by atoms with Crippen LogP contribution in [0.15, 0.2) is 76.4 Å². The summed E-state index contributed by atoms with van der Waals surface area (Å²) in [6.07, 6.45) is -2.64. The van der Waals surface area contributed by atoms with Crippen LogP contribution < -0.4 is 11.2 Å². The smallest absolute Gasteiger partial charge is 0.338 e. The molecular formula is C25H24N2O8. The first-order valence-electron chi connectivity index (χ1n) is 10.9. The number of rotatable bonds is 7. The van der Waals surface area contributed by atoms with Crippen LogP contribution in [0.25, 0.3) is 0 Å². The maximum Gasteiger partial charge on any atom is 0.338 e. The van der Waals surface area contributed by atoms with E-state index in [1.54, 1.807) is 60.7 Å². The lowest BCUT2D eigenvalue weighted by Crippen LogP contribution is -2.41. The summed E-state index contributed by atoms with van der Waals surface area (Å²) in [7, 11) is 1.38. The second-order valence-electron chi connectivity index (χ2n) is 7.94. The largest absolute Gasteiger partial charge is 0.459 e. The van der Waals surface area contributed by atoms with Crippen LogP contribution in [0.3, 0.4) is 0 Å². The standard InChI is InChI=1S/C25H24N2O8/c1-15-13-27(25(31)26-21(15)28)22-20(32-2)19(35-24(30)17-11-7-4-8-12-17)18(34-22)14-33-23(29)16-9-5-3-6-10-16/h3-13,18-20,22H,14H2,1-2H3,(H,26,28,31)/t18-,19-,20-,22+/m1/s1. The number of ether oxygens (including phenoxy) is 4. The highest BCUT2D eigenvalue weighted by molar-refractivity contribution is 5.90. The molecule has 1 aromatic heterocycles. The number of nitrogens with zero attached hydrogens (tertiary/aromatic N) is 1. The molecule has 1 aliphatic heterocycles. The number of aryl methyl sites for hydroxylation is 1. The molecule has 0 amide bonds. The normalized spacial score (nSPS) is 21.4. The van der Waals surface area contributed by atoms with Gasteiger partial charge in [-0.2, -0.15) is 0 Å². The van der Waals surface area contributed by atoms with E-state index in [2.05, 4.69) is 4.98 Å². The van der Waals surface area contributed by atoms with Gasteiger partial charge in [0.05, 0.1) is 11.1 Å². The predicted octanol–water partition coefficient (Wildman–Crippen LogP) is 1.84. The van der Waals surface area contributed by atoms with Gasteiger partial charge in [0, 0.05) is 18.9 Å². The summed E-state index contributed by atoms with van der Waals surface area (Å²) < 4.78 is 23.9. The number of methoxy groups -OCH3 is 1. The van der Waals surface area contributed by atoms with Gasteiger partial charge in [-0.3, -0.25) is 14.3 Å². The van der Waals surface area contributed by atoms with Crippen molar-refractivity contribution in [3.8, 4) is 0 Å². The SMILES string of the molecule is CO[C@@H]1[C@H](OC(=O)c2ccccc2)[C@@H](COC(=O)c2ccccc2)O[C@@H]1n1cc(C)c(=O)[nH]c1=O. The summed E-state index contributed by atoms with van der Waals surface area (Å²) in [6.45, 7) is 1.27. The molecule has 1 aliphatic rings. The van der Waals surface area contributed by atoms with E-state index in [9.17, 15) is 19.2 Å². The molecule has 0 bridgehead atoms. The topological polar surface area (TPSA) is 126 Å². The Morgan fingerprint density at radius 2 is 1.54 bits per heavy atom. The van der Waals surface area contributed by atoms with Crippen molar-refractivity contribution in [3.05, 3.63) is 104 Å². The van der Waals surface area contributed by atoms with E-state index < -0.39 is 47.7 Å². The number of nitrogens with one attached hydrogen (secondary N) is 1. The summed E-state index contributed by atoms with van der Waals surface area (Å²) in [5.74, 6) is -1.22. The second-order valence-corrected chi connectivity index (χ2v) is 7.94. The second kappa shape index (κ2) is 10.5. The number of benzene rings is 2. The Bertz CT molecular complexity index is 1300. The molecule has 10 nitrogen and oxygen atoms in total. The Labute approximate surface area is 200 Å². The molecular weight excluding hydrogens is 456 g/mol. The molecule has 0 unspecified atom stereocenters. The van der Waals surface area contributed by atoms with Crippen LogP contribution >= 0.6 is 0 Å². The molecule has 4 atom stereocenters. The van der Waals surface area contributed by atoms with Crippen molar-refractivity contribution >= 4 is 11.9 Å². The van der Waals surface area contributed by atoms with Gasteiger partial charge >= 0.3 is 17.6 Å². The van der Waals surface area contributed by atoms with Crippen molar-refractivity contribution in [2.45, 2.75) is 31.5 Å². The Balaban J connectivity index is 1.62.